The zero-order chi connectivity index (χ0) is 12.2. The molecule has 1 atom stereocenters. The Morgan fingerprint density at radius 1 is 1.25 bits per heavy atom. The molecule has 90 valence electrons. The van der Waals surface area contributed by atoms with E-state index in [1.165, 1.54) is 10.0 Å². The highest BCUT2D eigenvalue weighted by Crippen LogP contribution is 2.24. The van der Waals surface area contributed by atoms with Crippen LogP contribution in [0.4, 0.5) is 0 Å². The lowest BCUT2D eigenvalue weighted by Gasteiger charge is -2.27. The first kappa shape index (κ1) is 13.7. The maximum atomic E-state index is 3.56. The van der Waals surface area contributed by atoms with Gasteiger partial charge in [0, 0.05) is 11.0 Å². The summed E-state index contributed by atoms with van der Waals surface area (Å²) in [5, 5.41) is 3.52. The van der Waals surface area contributed by atoms with Crippen molar-refractivity contribution in [3.05, 3.63) is 34.3 Å². The van der Waals surface area contributed by atoms with Gasteiger partial charge in [0.05, 0.1) is 0 Å². The third kappa shape index (κ3) is 4.26. The minimum atomic E-state index is 0.376. The highest BCUT2D eigenvalue weighted by Gasteiger charge is 2.19. The van der Waals surface area contributed by atoms with Crippen LogP contribution in [0.3, 0.4) is 0 Å². The van der Waals surface area contributed by atoms with E-state index in [-0.39, 0.29) is 0 Å². The number of halogens is 1. The average Bonchev–Trinajstić information content (AvgIpc) is 2.19. The molecule has 0 aliphatic rings. The van der Waals surface area contributed by atoms with Gasteiger partial charge in [-0.3, -0.25) is 0 Å². The molecule has 1 aromatic carbocycles. The number of rotatable bonds is 4. The molecule has 0 saturated heterocycles. The van der Waals surface area contributed by atoms with Crippen LogP contribution in [0, 0.1) is 11.3 Å². The number of benzene rings is 1. The average molecular weight is 284 g/mol. The van der Waals surface area contributed by atoms with E-state index < -0.39 is 0 Å². The lowest BCUT2D eigenvalue weighted by molar-refractivity contribution is 0.252. The molecule has 0 aliphatic carbocycles. The first-order chi connectivity index (χ1) is 7.41. The van der Waals surface area contributed by atoms with Crippen LogP contribution < -0.4 is 5.32 Å². The van der Waals surface area contributed by atoms with Crippen LogP contribution >= 0.6 is 15.9 Å². The Kier molecular flexibility index (Phi) is 5.00. The third-order valence-corrected chi connectivity index (χ3v) is 3.98. The molecular formula is C14H22BrN. The minimum absolute atomic E-state index is 0.376. The fraction of sp³-hybridized carbons (Fsp3) is 0.571. The van der Waals surface area contributed by atoms with Gasteiger partial charge < -0.3 is 5.32 Å². The van der Waals surface area contributed by atoms with E-state index in [2.05, 4.69) is 67.1 Å². The molecule has 1 unspecified atom stereocenters. The van der Waals surface area contributed by atoms with Crippen molar-refractivity contribution in [3.8, 4) is 0 Å². The summed E-state index contributed by atoms with van der Waals surface area (Å²) in [4.78, 5) is 0. The first-order valence-electron chi connectivity index (χ1n) is 5.85. The van der Waals surface area contributed by atoms with Crippen LogP contribution in [-0.2, 0) is 6.54 Å². The van der Waals surface area contributed by atoms with Gasteiger partial charge >= 0.3 is 0 Å². The fourth-order valence-electron chi connectivity index (χ4n) is 1.37. The molecule has 0 spiro atoms. The van der Waals surface area contributed by atoms with Crippen LogP contribution in [0.2, 0.25) is 0 Å². The van der Waals surface area contributed by atoms with Crippen LogP contribution in [0.5, 0.6) is 0 Å². The van der Waals surface area contributed by atoms with Crippen LogP contribution in [0.15, 0.2) is 28.7 Å². The van der Waals surface area contributed by atoms with Crippen molar-refractivity contribution in [2.45, 2.75) is 34.2 Å². The summed E-state index contributed by atoms with van der Waals surface area (Å²) >= 11 is 3.56. The lowest BCUT2D eigenvalue weighted by Crippen LogP contribution is -2.29. The monoisotopic (exact) mass is 283 g/mol. The molecule has 2 heteroatoms. The molecule has 0 amide bonds. The van der Waals surface area contributed by atoms with Gasteiger partial charge in [-0.2, -0.15) is 0 Å². The van der Waals surface area contributed by atoms with E-state index >= 15 is 0 Å². The van der Waals surface area contributed by atoms with E-state index in [4.69, 9.17) is 0 Å². The standard InChI is InChI=1S/C14H22BrN/c1-11(14(2,3)4)9-16-10-12-7-5-6-8-13(12)15/h5-8,11,16H,9-10H2,1-4H3. The third-order valence-electron chi connectivity index (χ3n) is 3.20. The SMILES string of the molecule is CC(CNCc1ccccc1Br)C(C)(C)C. The highest BCUT2D eigenvalue weighted by atomic mass is 79.9. The second-order valence-corrected chi connectivity index (χ2v) is 6.34. The molecule has 1 nitrogen and oxygen atoms in total. The zero-order valence-electron chi connectivity index (χ0n) is 10.7. The van der Waals surface area contributed by atoms with Gasteiger partial charge in [-0.05, 0) is 29.5 Å². The Labute approximate surface area is 108 Å². The predicted octanol–water partition coefficient (Wildman–Crippen LogP) is 4.22. The topological polar surface area (TPSA) is 12.0 Å². The smallest absolute Gasteiger partial charge is 0.0220 e. The quantitative estimate of drug-likeness (QED) is 0.872. The predicted molar refractivity (Wildman–Crippen MR) is 74.5 cm³/mol. The van der Waals surface area contributed by atoms with Crippen molar-refractivity contribution in [2.75, 3.05) is 6.54 Å². The minimum Gasteiger partial charge on any atom is -0.312 e. The van der Waals surface area contributed by atoms with Gasteiger partial charge in [0.2, 0.25) is 0 Å². The molecule has 0 radical (unpaired) electrons. The molecule has 0 fully saturated rings. The molecular weight excluding hydrogens is 262 g/mol. The van der Waals surface area contributed by atoms with Crippen LogP contribution in [-0.4, -0.2) is 6.54 Å². The van der Waals surface area contributed by atoms with Crippen molar-refractivity contribution in [1.82, 2.24) is 5.32 Å². The zero-order valence-corrected chi connectivity index (χ0v) is 12.3. The van der Waals surface area contributed by atoms with Gasteiger partial charge in [0.25, 0.3) is 0 Å². The Hall–Kier alpha value is -0.340. The van der Waals surface area contributed by atoms with Gasteiger partial charge in [-0.25, -0.2) is 0 Å². The number of hydrogen-bond donors (Lipinski definition) is 1. The van der Waals surface area contributed by atoms with E-state index in [0.717, 1.165) is 13.1 Å². The van der Waals surface area contributed by atoms with E-state index in [9.17, 15) is 0 Å². The van der Waals surface area contributed by atoms with Crippen LogP contribution in [0.1, 0.15) is 33.3 Å². The Balaban J connectivity index is 2.40. The Morgan fingerprint density at radius 2 is 1.88 bits per heavy atom. The Bertz CT molecular complexity index is 328. The summed E-state index contributed by atoms with van der Waals surface area (Å²) in [6.45, 7) is 11.2. The molecule has 0 bridgehead atoms. The maximum Gasteiger partial charge on any atom is 0.0220 e. The van der Waals surface area contributed by atoms with Gasteiger partial charge in [-0.15, -0.1) is 0 Å². The molecule has 0 saturated carbocycles. The molecule has 1 N–H and O–H groups in total. The van der Waals surface area contributed by atoms with Gasteiger partial charge in [0.15, 0.2) is 0 Å². The summed E-state index contributed by atoms with van der Waals surface area (Å²) in [5.41, 5.74) is 1.70. The van der Waals surface area contributed by atoms with E-state index in [1.54, 1.807) is 0 Å². The first-order valence-corrected chi connectivity index (χ1v) is 6.64. The molecule has 1 aromatic rings. The van der Waals surface area contributed by atoms with E-state index in [0.29, 0.717) is 11.3 Å². The van der Waals surface area contributed by atoms with Crippen molar-refractivity contribution >= 4 is 15.9 Å². The van der Waals surface area contributed by atoms with Crippen molar-refractivity contribution in [3.63, 3.8) is 0 Å². The molecule has 1 rings (SSSR count). The van der Waals surface area contributed by atoms with Crippen molar-refractivity contribution < 1.29 is 0 Å². The van der Waals surface area contributed by atoms with Crippen molar-refractivity contribution in [2.24, 2.45) is 11.3 Å². The second-order valence-electron chi connectivity index (χ2n) is 5.49. The van der Waals surface area contributed by atoms with Gasteiger partial charge in [-0.1, -0.05) is 61.8 Å². The number of hydrogen-bond acceptors (Lipinski definition) is 1. The summed E-state index contributed by atoms with van der Waals surface area (Å²) in [7, 11) is 0. The highest BCUT2D eigenvalue weighted by molar-refractivity contribution is 9.10. The summed E-state index contributed by atoms with van der Waals surface area (Å²) in [6, 6.07) is 8.36. The van der Waals surface area contributed by atoms with Crippen LogP contribution in [0.25, 0.3) is 0 Å². The van der Waals surface area contributed by atoms with Crippen molar-refractivity contribution in [1.29, 1.82) is 0 Å². The van der Waals surface area contributed by atoms with E-state index in [1.807, 2.05) is 6.07 Å². The molecule has 0 heterocycles. The second kappa shape index (κ2) is 5.83. The largest absolute Gasteiger partial charge is 0.312 e. The number of nitrogens with one attached hydrogen (secondary N) is 1. The summed E-state index contributed by atoms with van der Waals surface area (Å²) < 4.78 is 1.19. The molecule has 0 aliphatic heterocycles. The maximum absolute atomic E-state index is 3.56. The van der Waals surface area contributed by atoms with Gasteiger partial charge in [0.1, 0.15) is 0 Å². The fourth-order valence-corrected chi connectivity index (χ4v) is 1.80. The Morgan fingerprint density at radius 3 is 2.44 bits per heavy atom. The lowest BCUT2D eigenvalue weighted by atomic mass is 9.82. The molecule has 16 heavy (non-hydrogen) atoms. The normalized spacial score (nSPS) is 13.8. The summed E-state index contributed by atoms with van der Waals surface area (Å²) in [5.74, 6) is 0.676. The molecule has 0 aromatic heterocycles. The summed E-state index contributed by atoms with van der Waals surface area (Å²) in [6.07, 6.45) is 0.